The van der Waals surface area contributed by atoms with Gasteiger partial charge in [0, 0.05) is 6.04 Å². The van der Waals surface area contributed by atoms with Gasteiger partial charge in [0.25, 0.3) is 0 Å². The summed E-state index contributed by atoms with van der Waals surface area (Å²) in [6.45, 7) is 4.36. The third-order valence-electron chi connectivity index (χ3n) is 4.18. The lowest BCUT2D eigenvalue weighted by Gasteiger charge is -2.22. The standard InChI is InChI=1S/C14H19FN2O2/c1-7-3-4-12(8(7)2)17-13-6-10(15)9(14(18)19)5-11(13)16/h5-8,12,17H,3-4,16H2,1-2H3,(H,18,19). The first-order chi connectivity index (χ1) is 8.90. The van der Waals surface area contributed by atoms with Crippen molar-refractivity contribution in [2.24, 2.45) is 11.8 Å². The summed E-state index contributed by atoms with van der Waals surface area (Å²) in [5.41, 5.74) is 6.15. The quantitative estimate of drug-likeness (QED) is 0.735. The van der Waals surface area contributed by atoms with Gasteiger partial charge in [-0.15, -0.1) is 0 Å². The highest BCUT2D eigenvalue weighted by atomic mass is 19.1. The number of rotatable bonds is 3. The van der Waals surface area contributed by atoms with Gasteiger partial charge in [-0.3, -0.25) is 0 Å². The fourth-order valence-electron chi connectivity index (χ4n) is 2.65. The van der Waals surface area contributed by atoms with Crippen LogP contribution in [0.1, 0.15) is 37.0 Å². The number of halogens is 1. The average molecular weight is 266 g/mol. The van der Waals surface area contributed by atoms with E-state index in [1.807, 2.05) is 0 Å². The molecule has 4 N–H and O–H groups in total. The molecule has 0 heterocycles. The van der Waals surface area contributed by atoms with E-state index in [2.05, 4.69) is 19.2 Å². The number of nitrogens with one attached hydrogen (secondary N) is 1. The van der Waals surface area contributed by atoms with Crippen molar-refractivity contribution in [1.29, 1.82) is 0 Å². The Labute approximate surface area is 111 Å². The van der Waals surface area contributed by atoms with Gasteiger partial charge in [-0.05, 0) is 36.8 Å². The second-order valence-corrected chi connectivity index (χ2v) is 5.39. The lowest BCUT2D eigenvalue weighted by Crippen LogP contribution is -2.24. The van der Waals surface area contributed by atoms with Crippen molar-refractivity contribution in [3.8, 4) is 0 Å². The van der Waals surface area contributed by atoms with Gasteiger partial charge in [0.1, 0.15) is 5.82 Å². The van der Waals surface area contributed by atoms with Crippen molar-refractivity contribution in [2.45, 2.75) is 32.7 Å². The molecule has 0 aromatic heterocycles. The number of hydrogen-bond donors (Lipinski definition) is 3. The van der Waals surface area contributed by atoms with E-state index in [-0.39, 0.29) is 11.7 Å². The predicted molar refractivity (Wildman–Crippen MR) is 72.7 cm³/mol. The van der Waals surface area contributed by atoms with Crippen LogP contribution in [0.3, 0.4) is 0 Å². The molecule has 5 heteroatoms. The third-order valence-corrected chi connectivity index (χ3v) is 4.18. The number of aromatic carboxylic acids is 1. The minimum Gasteiger partial charge on any atom is -0.478 e. The summed E-state index contributed by atoms with van der Waals surface area (Å²) in [6, 6.07) is 2.60. The molecule has 104 valence electrons. The van der Waals surface area contributed by atoms with Gasteiger partial charge in [-0.2, -0.15) is 0 Å². The Balaban J connectivity index is 2.22. The molecule has 0 amide bonds. The molecule has 1 aromatic carbocycles. The Morgan fingerprint density at radius 3 is 2.63 bits per heavy atom. The van der Waals surface area contributed by atoms with Crippen molar-refractivity contribution in [1.82, 2.24) is 0 Å². The van der Waals surface area contributed by atoms with E-state index in [9.17, 15) is 9.18 Å². The highest BCUT2D eigenvalue weighted by Gasteiger charge is 2.30. The van der Waals surface area contributed by atoms with E-state index in [0.717, 1.165) is 12.8 Å². The molecule has 3 atom stereocenters. The summed E-state index contributed by atoms with van der Waals surface area (Å²) < 4.78 is 13.7. The Bertz CT molecular complexity index is 504. The number of carbonyl (C=O) groups is 1. The molecule has 19 heavy (non-hydrogen) atoms. The normalized spacial score (nSPS) is 26.4. The molecule has 1 fully saturated rings. The molecule has 2 rings (SSSR count). The molecule has 1 aliphatic rings. The third kappa shape index (κ3) is 2.64. The maximum Gasteiger partial charge on any atom is 0.338 e. The second-order valence-electron chi connectivity index (χ2n) is 5.39. The highest BCUT2D eigenvalue weighted by Crippen LogP contribution is 2.34. The molecule has 1 aromatic rings. The van der Waals surface area contributed by atoms with Crippen molar-refractivity contribution in [3.63, 3.8) is 0 Å². The van der Waals surface area contributed by atoms with E-state index >= 15 is 0 Å². The highest BCUT2D eigenvalue weighted by molar-refractivity contribution is 5.90. The molecule has 1 aliphatic carbocycles. The first-order valence-electron chi connectivity index (χ1n) is 6.49. The van der Waals surface area contributed by atoms with Crippen molar-refractivity contribution >= 4 is 17.3 Å². The number of benzene rings is 1. The lowest BCUT2D eigenvalue weighted by atomic mass is 9.97. The molecule has 0 radical (unpaired) electrons. The molecular formula is C14H19FN2O2. The number of hydrogen-bond acceptors (Lipinski definition) is 3. The smallest absolute Gasteiger partial charge is 0.338 e. The van der Waals surface area contributed by atoms with E-state index in [4.69, 9.17) is 10.8 Å². The number of nitrogen functional groups attached to an aromatic ring is 1. The van der Waals surface area contributed by atoms with Gasteiger partial charge in [-0.1, -0.05) is 13.8 Å². The number of anilines is 2. The van der Waals surface area contributed by atoms with E-state index in [1.165, 1.54) is 12.1 Å². The van der Waals surface area contributed by atoms with Crippen LogP contribution in [0.25, 0.3) is 0 Å². The number of carboxylic acid groups (broad SMARTS) is 1. The van der Waals surface area contributed by atoms with Gasteiger partial charge in [0.05, 0.1) is 16.9 Å². The zero-order valence-corrected chi connectivity index (χ0v) is 11.1. The van der Waals surface area contributed by atoms with Gasteiger partial charge >= 0.3 is 5.97 Å². The first kappa shape index (κ1) is 13.6. The molecular weight excluding hydrogens is 247 g/mol. The number of carboxylic acids is 1. The minimum absolute atomic E-state index is 0.257. The Morgan fingerprint density at radius 1 is 1.42 bits per heavy atom. The molecule has 3 unspecified atom stereocenters. The molecule has 0 bridgehead atoms. The zero-order chi connectivity index (χ0) is 14.2. The Morgan fingerprint density at radius 2 is 2.11 bits per heavy atom. The predicted octanol–water partition coefficient (Wildman–Crippen LogP) is 2.95. The lowest BCUT2D eigenvalue weighted by molar-refractivity contribution is 0.0692. The van der Waals surface area contributed by atoms with Crippen LogP contribution in [0.15, 0.2) is 12.1 Å². The van der Waals surface area contributed by atoms with Crippen molar-refractivity contribution in [3.05, 3.63) is 23.5 Å². The van der Waals surface area contributed by atoms with Crippen molar-refractivity contribution < 1.29 is 14.3 Å². The molecule has 0 spiro atoms. The topological polar surface area (TPSA) is 75.3 Å². The molecule has 0 aliphatic heterocycles. The van der Waals surface area contributed by atoms with E-state index in [1.54, 1.807) is 0 Å². The van der Waals surface area contributed by atoms with Crippen LogP contribution in [0, 0.1) is 17.7 Å². The average Bonchev–Trinajstić information content (AvgIpc) is 2.65. The fraction of sp³-hybridized carbons (Fsp3) is 0.500. The summed E-state index contributed by atoms with van der Waals surface area (Å²) >= 11 is 0. The first-order valence-corrected chi connectivity index (χ1v) is 6.49. The Kier molecular flexibility index (Phi) is 3.64. The summed E-state index contributed by atoms with van der Waals surface area (Å²) in [5.74, 6) is -0.954. The van der Waals surface area contributed by atoms with Crippen LogP contribution in [-0.4, -0.2) is 17.1 Å². The zero-order valence-electron chi connectivity index (χ0n) is 11.1. The number of nitrogens with two attached hydrogens (primary N) is 1. The largest absolute Gasteiger partial charge is 0.478 e. The maximum atomic E-state index is 13.7. The van der Waals surface area contributed by atoms with Crippen molar-refractivity contribution in [2.75, 3.05) is 11.1 Å². The molecule has 1 saturated carbocycles. The SMILES string of the molecule is CC1CCC(Nc2cc(F)c(C(=O)O)cc2N)C1C. The minimum atomic E-state index is -1.31. The van der Waals surface area contributed by atoms with Crippen LogP contribution in [-0.2, 0) is 0 Å². The second kappa shape index (κ2) is 5.07. The molecule has 0 saturated heterocycles. The van der Waals surface area contributed by atoms with E-state index < -0.39 is 17.3 Å². The van der Waals surface area contributed by atoms with Crippen LogP contribution in [0.5, 0.6) is 0 Å². The van der Waals surface area contributed by atoms with Crippen LogP contribution in [0.4, 0.5) is 15.8 Å². The monoisotopic (exact) mass is 266 g/mol. The van der Waals surface area contributed by atoms with E-state index in [0.29, 0.717) is 17.5 Å². The summed E-state index contributed by atoms with van der Waals surface area (Å²) in [7, 11) is 0. The van der Waals surface area contributed by atoms with Crippen LogP contribution < -0.4 is 11.1 Å². The fourth-order valence-corrected chi connectivity index (χ4v) is 2.65. The molecule has 4 nitrogen and oxygen atoms in total. The maximum absolute atomic E-state index is 13.7. The Hall–Kier alpha value is -1.78. The van der Waals surface area contributed by atoms with Gasteiger partial charge in [-0.25, -0.2) is 9.18 Å². The summed E-state index contributed by atoms with van der Waals surface area (Å²) in [4.78, 5) is 10.8. The summed E-state index contributed by atoms with van der Waals surface area (Å²) in [5, 5.41) is 12.1. The van der Waals surface area contributed by atoms with Gasteiger partial charge in [0.15, 0.2) is 0 Å². The van der Waals surface area contributed by atoms with Gasteiger partial charge < -0.3 is 16.2 Å². The van der Waals surface area contributed by atoms with Crippen LogP contribution >= 0.6 is 0 Å². The van der Waals surface area contributed by atoms with Crippen LogP contribution in [0.2, 0.25) is 0 Å². The van der Waals surface area contributed by atoms with Gasteiger partial charge in [0.2, 0.25) is 0 Å². The summed E-state index contributed by atoms with van der Waals surface area (Å²) in [6.07, 6.45) is 2.15.